The van der Waals surface area contributed by atoms with E-state index in [2.05, 4.69) is 24.1 Å². The van der Waals surface area contributed by atoms with Crippen LogP contribution in [0.5, 0.6) is 0 Å². The lowest BCUT2D eigenvalue weighted by Crippen LogP contribution is -2.39. The van der Waals surface area contributed by atoms with Gasteiger partial charge in [0.2, 0.25) is 0 Å². The molecule has 0 spiro atoms. The van der Waals surface area contributed by atoms with Crippen molar-refractivity contribution in [1.29, 1.82) is 0 Å². The summed E-state index contributed by atoms with van der Waals surface area (Å²) in [7, 11) is 0. The zero-order chi connectivity index (χ0) is 13.0. The highest BCUT2D eigenvalue weighted by molar-refractivity contribution is 5.10. The van der Waals surface area contributed by atoms with E-state index in [-0.39, 0.29) is 17.5 Å². The Morgan fingerprint density at radius 3 is 2.94 bits per heavy atom. The second kappa shape index (κ2) is 5.76. The summed E-state index contributed by atoms with van der Waals surface area (Å²) in [4.78, 5) is 4.14. The zero-order valence-corrected chi connectivity index (χ0v) is 11.1. The first kappa shape index (κ1) is 13.4. The molecule has 1 aromatic rings. The van der Waals surface area contributed by atoms with E-state index in [4.69, 9.17) is 4.74 Å². The average molecular weight is 252 g/mol. The van der Waals surface area contributed by atoms with Crippen molar-refractivity contribution in [2.24, 2.45) is 0 Å². The zero-order valence-electron chi connectivity index (χ0n) is 11.1. The number of rotatable bonds is 5. The van der Waals surface area contributed by atoms with Crippen LogP contribution in [0.3, 0.4) is 0 Å². The van der Waals surface area contributed by atoms with Crippen molar-refractivity contribution in [2.75, 3.05) is 13.2 Å². The maximum atomic E-state index is 12.8. The smallest absolute Gasteiger partial charge is 0.141 e. The van der Waals surface area contributed by atoms with Crippen LogP contribution < -0.4 is 5.32 Å². The first-order chi connectivity index (χ1) is 8.63. The topological polar surface area (TPSA) is 34.1 Å². The number of nitrogens with zero attached hydrogens (tertiary/aromatic N) is 1. The lowest BCUT2D eigenvalue weighted by Gasteiger charge is -2.26. The predicted octanol–water partition coefficient (Wildman–Crippen LogP) is 2.83. The molecular weight excluding hydrogens is 231 g/mol. The van der Waals surface area contributed by atoms with Gasteiger partial charge in [-0.15, -0.1) is 0 Å². The van der Waals surface area contributed by atoms with Crippen molar-refractivity contribution in [3.63, 3.8) is 0 Å². The summed E-state index contributed by atoms with van der Waals surface area (Å²) in [5.41, 5.74) is 0.827. The summed E-state index contributed by atoms with van der Waals surface area (Å²) >= 11 is 0. The molecule has 2 unspecified atom stereocenters. The van der Waals surface area contributed by atoms with Crippen LogP contribution >= 0.6 is 0 Å². The molecule has 1 aliphatic heterocycles. The highest BCUT2D eigenvalue weighted by Gasteiger charge is 2.30. The van der Waals surface area contributed by atoms with Gasteiger partial charge in [0.15, 0.2) is 0 Å². The minimum atomic E-state index is -0.292. The second-order valence-corrected chi connectivity index (χ2v) is 5.14. The molecule has 1 fully saturated rings. The highest BCUT2D eigenvalue weighted by atomic mass is 19.1. The molecule has 3 nitrogen and oxygen atoms in total. The normalized spacial score (nSPS) is 25.3. The van der Waals surface area contributed by atoms with Gasteiger partial charge in [0.1, 0.15) is 5.82 Å². The Morgan fingerprint density at radius 1 is 1.56 bits per heavy atom. The standard InChI is InChI=1S/C14H21FN2O/c1-3-12(13-6-5-11(15)9-16-13)17-10-14(2)7-4-8-18-14/h5-6,9,12,17H,3-4,7-8,10H2,1-2H3. The van der Waals surface area contributed by atoms with Crippen LogP contribution in [0.4, 0.5) is 4.39 Å². The van der Waals surface area contributed by atoms with Gasteiger partial charge in [-0.05, 0) is 38.3 Å². The van der Waals surface area contributed by atoms with E-state index in [1.165, 1.54) is 12.3 Å². The lowest BCUT2D eigenvalue weighted by atomic mass is 10.0. The monoisotopic (exact) mass is 252 g/mol. The number of ether oxygens (including phenoxy) is 1. The number of pyridine rings is 1. The Morgan fingerprint density at radius 2 is 2.39 bits per heavy atom. The van der Waals surface area contributed by atoms with Crippen molar-refractivity contribution < 1.29 is 9.13 Å². The van der Waals surface area contributed by atoms with Crippen molar-refractivity contribution >= 4 is 0 Å². The maximum absolute atomic E-state index is 12.8. The van der Waals surface area contributed by atoms with Gasteiger partial charge < -0.3 is 10.1 Å². The summed E-state index contributed by atoms with van der Waals surface area (Å²) in [6.07, 6.45) is 4.42. The van der Waals surface area contributed by atoms with E-state index >= 15 is 0 Å². The third kappa shape index (κ3) is 3.27. The fourth-order valence-electron chi connectivity index (χ4n) is 2.37. The molecule has 2 heterocycles. The van der Waals surface area contributed by atoms with E-state index in [1.54, 1.807) is 6.07 Å². The average Bonchev–Trinajstić information content (AvgIpc) is 2.79. The molecule has 0 saturated carbocycles. The Balaban J connectivity index is 1.95. The Hall–Kier alpha value is -1.00. The van der Waals surface area contributed by atoms with Gasteiger partial charge in [-0.1, -0.05) is 6.92 Å². The number of nitrogens with one attached hydrogen (secondary N) is 1. The summed E-state index contributed by atoms with van der Waals surface area (Å²) in [6.45, 7) is 5.90. The van der Waals surface area contributed by atoms with E-state index in [0.717, 1.165) is 38.1 Å². The minimum absolute atomic E-state index is 0.0621. The molecule has 2 atom stereocenters. The predicted molar refractivity (Wildman–Crippen MR) is 68.8 cm³/mol. The summed E-state index contributed by atoms with van der Waals surface area (Å²) in [5.74, 6) is -0.292. The lowest BCUT2D eigenvalue weighted by molar-refractivity contribution is 0.0185. The molecule has 1 saturated heterocycles. The van der Waals surface area contributed by atoms with Crippen molar-refractivity contribution in [3.05, 3.63) is 29.8 Å². The first-order valence-electron chi connectivity index (χ1n) is 6.62. The van der Waals surface area contributed by atoms with Gasteiger partial charge >= 0.3 is 0 Å². The molecule has 0 radical (unpaired) electrons. The van der Waals surface area contributed by atoms with Crippen LogP contribution in [-0.4, -0.2) is 23.7 Å². The third-order valence-corrected chi connectivity index (χ3v) is 3.54. The maximum Gasteiger partial charge on any atom is 0.141 e. The molecule has 1 aromatic heterocycles. The Labute approximate surface area is 108 Å². The third-order valence-electron chi connectivity index (χ3n) is 3.54. The van der Waals surface area contributed by atoms with Gasteiger partial charge in [-0.3, -0.25) is 4.98 Å². The van der Waals surface area contributed by atoms with Gasteiger partial charge in [-0.25, -0.2) is 4.39 Å². The Bertz CT molecular complexity index is 374. The van der Waals surface area contributed by atoms with Gasteiger partial charge in [-0.2, -0.15) is 0 Å². The van der Waals surface area contributed by atoms with Gasteiger partial charge in [0.25, 0.3) is 0 Å². The quantitative estimate of drug-likeness (QED) is 0.875. The fraction of sp³-hybridized carbons (Fsp3) is 0.643. The molecule has 1 aliphatic rings. The highest BCUT2D eigenvalue weighted by Crippen LogP contribution is 2.25. The molecule has 0 aliphatic carbocycles. The molecule has 0 amide bonds. The van der Waals surface area contributed by atoms with Crippen LogP contribution in [-0.2, 0) is 4.74 Å². The fourth-order valence-corrected chi connectivity index (χ4v) is 2.37. The molecule has 18 heavy (non-hydrogen) atoms. The van der Waals surface area contributed by atoms with E-state index in [0.29, 0.717) is 0 Å². The molecule has 0 aromatic carbocycles. The van der Waals surface area contributed by atoms with Crippen molar-refractivity contribution in [3.8, 4) is 0 Å². The van der Waals surface area contributed by atoms with Gasteiger partial charge in [0.05, 0.1) is 17.5 Å². The largest absolute Gasteiger partial charge is 0.374 e. The number of hydrogen-bond donors (Lipinski definition) is 1. The van der Waals surface area contributed by atoms with Crippen molar-refractivity contribution in [1.82, 2.24) is 10.3 Å². The van der Waals surface area contributed by atoms with E-state index in [9.17, 15) is 4.39 Å². The SMILES string of the molecule is CCC(NCC1(C)CCCO1)c1ccc(F)cn1. The van der Waals surface area contributed by atoms with E-state index in [1.807, 2.05) is 0 Å². The molecule has 100 valence electrons. The molecule has 4 heteroatoms. The first-order valence-corrected chi connectivity index (χ1v) is 6.62. The molecule has 1 N–H and O–H groups in total. The number of halogens is 1. The number of aromatic nitrogens is 1. The summed E-state index contributed by atoms with van der Waals surface area (Å²) in [6, 6.07) is 3.36. The summed E-state index contributed by atoms with van der Waals surface area (Å²) < 4.78 is 18.6. The van der Waals surface area contributed by atoms with Crippen LogP contribution in [0.25, 0.3) is 0 Å². The summed E-state index contributed by atoms with van der Waals surface area (Å²) in [5, 5.41) is 3.48. The minimum Gasteiger partial charge on any atom is -0.374 e. The second-order valence-electron chi connectivity index (χ2n) is 5.14. The number of hydrogen-bond acceptors (Lipinski definition) is 3. The molecule has 2 rings (SSSR count). The van der Waals surface area contributed by atoms with Crippen LogP contribution in [0.15, 0.2) is 18.3 Å². The van der Waals surface area contributed by atoms with E-state index < -0.39 is 0 Å². The molecular formula is C14H21FN2O. The van der Waals surface area contributed by atoms with Gasteiger partial charge in [0, 0.05) is 19.2 Å². The molecule has 0 bridgehead atoms. The van der Waals surface area contributed by atoms with Crippen LogP contribution in [0, 0.1) is 5.82 Å². The van der Waals surface area contributed by atoms with Crippen molar-refractivity contribution in [2.45, 2.75) is 44.8 Å². The Kier molecular flexibility index (Phi) is 4.30. The van der Waals surface area contributed by atoms with Crippen LogP contribution in [0.2, 0.25) is 0 Å². The van der Waals surface area contributed by atoms with Crippen LogP contribution in [0.1, 0.15) is 44.8 Å².